The number of aromatic nitrogens is 4. The minimum Gasteiger partial charge on any atom is -0.343 e. The maximum Gasteiger partial charge on any atom is 0.255 e. The molecule has 1 N–H and O–H groups in total. The maximum absolute atomic E-state index is 12.5. The molecule has 0 atom stereocenters. The maximum atomic E-state index is 12.5. The molecule has 1 aromatic carbocycles. The molecule has 1 amide bonds. The summed E-state index contributed by atoms with van der Waals surface area (Å²) in [6.07, 6.45) is 3.28. The van der Waals surface area contributed by atoms with Crippen LogP contribution in [0.3, 0.4) is 0 Å². The van der Waals surface area contributed by atoms with Gasteiger partial charge in [0.05, 0.1) is 29.7 Å². The third-order valence-electron chi connectivity index (χ3n) is 3.57. The number of amides is 1. The summed E-state index contributed by atoms with van der Waals surface area (Å²) in [5, 5.41) is 10.9. The lowest BCUT2D eigenvalue weighted by molar-refractivity contribution is 0.0945. The number of hydrogen-bond acceptors (Lipinski definition) is 5. The van der Waals surface area contributed by atoms with Gasteiger partial charge in [-0.05, 0) is 25.5 Å². The average Bonchev–Trinajstić information content (AvgIpc) is 3.20. The highest BCUT2D eigenvalue weighted by Gasteiger charge is 2.18. The number of carbonyl (C=O) groups excluding carboxylic acids is 1. The van der Waals surface area contributed by atoms with Crippen molar-refractivity contribution in [2.75, 3.05) is 0 Å². The Morgan fingerprint density at radius 2 is 2.08 bits per heavy atom. The van der Waals surface area contributed by atoms with E-state index in [0.717, 1.165) is 24.2 Å². The molecule has 3 rings (SSSR count). The van der Waals surface area contributed by atoms with Gasteiger partial charge in [-0.15, -0.1) is 0 Å². The van der Waals surface area contributed by atoms with Gasteiger partial charge in [0.2, 0.25) is 5.89 Å². The molecular formula is C17H19N5O2. The lowest BCUT2D eigenvalue weighted by atomic mass is 10.1. The molecule has 0 saturated carbocycles. The number of para-hydroxylation sites is 1. The molecule has 24 heavy (non-hydrogen) atoms. The van der Waals surface area contributed by atoms with E-state index in [1.54, 1.807) is 13.1 Å². The SMILES string of the molecule is CCCc1c(C(=O)NCc2nc(C)no2)cnn1-c1ccccc1. The molecule has 0 aliphatic rings. The van der Waals surface area contributed by atoms with Gasteiger partial charge in [-0.1, -0.05) is 36.7 Å². The van der Waals surface area contributed by atoms with Gasteiger partial charge in [0.1, 0.15) is 0 Å². The monoisotopic (exact) mass is 325 g/mol. The molecule has 7 heteroatoms. The molecule has 2 heterocycles. The summed E-state index contributed by atoms with van der Waals surface area (Å²) in [5.41, 5.74) is 2.40. The van der Waals surface area contributed by atoms with E-state index in [1.807, 2.05) is 35.0 Å². The second kappa shape index (κ2) is 7.08. The second-order valence-corrected chi connectivity index (χ2v) is 5.42. The number of rotatable bonds is 6. The number of nitrogens with zero attached hydrogens (tertiary/aromatic N) is 4. The first-order valence-electron chi connectivity index (χ1n) is 7.88. The van der Waals surface area contributed by atoms with Crippen LogP contribution in [0.1, 0.15) is 41.1 Å². The van der Waals surface area contributed by atoms with Crippen LogP contribution in [0.15, 0.2) is 41.1 Å². The van der Waals surface area contributed by atoms with E-state index in [2.05, 4.69) is 27.5 Å². The summed E-state index contributed by atoms with van der Waals surface area (Å²) >= 11 is 0. The summed E-state index contributed by atoms with van der Waals surface area (Å²) < 4.78 is 6.82. The first-order valence-corrected chi connectivity index (χ1v) is 7.88. The summed E-state index contributed by atoms with van der Waals surface area (Å²) in [5.74, 6) is 0.729. The van der Waals surface area contributed by atoms with E-state index in [9.17, 15) is 4.79 Å². The third kappa shape index (κ3) is 3.34. The Bertz CT molecular complexity index is 823. The van der Waals surface area contributed by atoms with Gasteiger partial charge in [-0.3, -0.25) is 4.79 Å². The van der Waals surface area contributed by atoms with Crippen molar-refractivity contribution >= 4 is 5.91 Å². The Morgan fingerprint density at radius 1 is 1.29 bits per heavy atom. The minimum atomic E-state index is -0.198. The van der Waals surface area contributed by atoms with Crippen LogP contribution in [0.25, 0.3) is 5.69 Å². The normalized spacial score (nSPS) is 10.8. The second-order valence-electron chi connectivity index (χ2n) is 5.42. The quantitative estimate of drug-likeness (QED) is 0.752. The molecule has 0 aliphatic heterocycles. The Kier molecular flexibility index (Phi) is 4.69. The minimum absolute atomic E-state index is 0.196. The van der Waals surface area contributed by atoms with Crippen LogP contribution < -0.4 is 5.32 Å². The highest BCUT2D eigenvalue weighted by molar-refractivity contribution is 5.95. The van der Waals surface area contributed by atoms with E-state index in [-0.39, 0.29) is 12.5 Å². The van der Waals surface area contributed by atoms with Crippen LogP contribution in [-0.2, 0) is 13.0 Å². The number of benzene rings is 1. The summed E-state index contributed by atoms with van der Waals surface area (Å²) in [6.45, 7) is 4.01. The molecular weight excluding hydrogens is 306 g/mol. The van der Waals surface area contributed by atoms with Gasteiger partial charge in [-0.25, -0.2) is 4.68 Å². The summed E-state index contributed by atoms with van der Waals surface area (Å²) in [6, 6.07) is 9.78. The van der Waals surface area contributed by atoms with Crippen molar-refractivity contribution in [2.45, 2.75) is 33.2 Å². The van der Waals surface area contributed by atoms with Crippen LogP contribution in [0, 0.1) is 6.92 Å². The molecule has 0 fully saturated rings. The van der Waals surface area contributed by atoms with Crippen LogP contribution in [0.5, 0.6) is 0 Å². The smallest absolute Gasteiger partial charge is 0.255 e. The molecule has 0 radical (unpaired) electrons. The van der Waals surface area contributed by atoms with E-state index in [1.165, 1.54) is 0 Å². The molecule has 2 aromatic heterocycles. The first-order chi connectivity index (χ1) is 11.7. The fourth-order valence-corrected chi connectivity index (χ4v) is 2.50. The van der Waals surface area contributed by atoms with Gasteiger partial charge < -0.3 is 9.84 Å². The molecule has 0 spiro atoms. The van der Waals surface area contributed by atoms with Crippen molar-refractivity contribution in [1.82, 2.24) is 25.2 Å². The molecule has 7 nitrogen and oxygen atoms in total. The molecule has 124 valence electrons. The van der Waals surface area contributed by atoms with Crippen LogP contribution >= 0.6 is 0 Å². The fourth-order valence-electron chi connectivity index (χ4n) is 2.50. The molecule has 3 aromatic rings. The van der Waals surface area contributed by atoms with Crippen molar-refractivity contribution in [3.05, 3.63) is 59.5 Å². The highest BCUT2D eigenvalue weighted by Crippen LogP contribution is 2.17. The van der Waals surface area contributed by atoms with Crippen LogP contribution in [0.2, 0.25) is 0 Å². The summed E-state index contributed by atoms with van der Waals surface area (Å²) in [7, 11) is 0. The van der Waals surface area contributed by atoms with Crippen molar-refractivity contribution in [2.24, 2.45) is 0 Å². The van der Waals surface area contributed by atoms with Gasteiger partial charge >= 0.3 is 0 Å². The number of hydrogen-bond donors (Lipinski definition) is 1. The van der Waals surface area contributed by atoms with Crippen molar-refractivity contribution in [3.63, 3.8) is 0 Å². The van der Waals surface area contributed by atoms with Crippen molar-refractivity contribution in [1.29, 1.82) is 0 Å². The Balaban J connectivity index is 1.82. The standard InChI is InChI=1S/C17H19N5O2/c1-3-7-15-14(10-19-22(15)13-8-5-4-6-9-13)17(23)18-11-16-20-12(2)21-24-16/h4-6,8-10H,3,7,11H2,1-2H3,(H,18,23). The van der Waals surface area contributed by atoms with E-state index >= 15 is 0 Å². The van der Waals surface area contributed by atoms with E-state index in [0.29, 0.717) is 17.3 Å². The molecule has 0 unspecified atom stereocenters. The largest absolute Gasteiger partial charge is 0.343 e. The third-order valence-corrected chi connectivity index (χ3v) is 3.57. The van der Waals surface area contributed by atoms with Gasteiger partial charge in [0.15, 0.2) is 5.82 Å². The molecule has 0 saturated heterocycles. The van der Waals surface area contributed by atoms with Crippen LogP contribution in [-0.4, -0.2) is 25.8 Å². The average molecular weight is 325 g/mol. The fraction of sp³-hybridized carbons (Fsp3) is 0.294. The van der Waals surface area contributed by atoms with Crippen LogP contribution in [0.4, 0.5) is 0 Å². The van der Waals surface area contributed by atoms with Crippen molar-refractivity contribution < 1.29 is 9.32 Å². The van der Waals surface area contributed by atoms with E-state index in [4.69, 9.17) is 4.52 Å². The zero-order valence-corrected chi connectivity index (χ0v) is 13.7. The first kappa shape index (κ1) is 15.9. The van der Waals surface area contributed by atoms with E-state index < -0.39 is 0 Å². The van der Waals surface area contributed by atoms with Gasteiger partial charge in [0.25, 0.3) is 5.91 Å². The van der Waals surface area contributed by atoms with Gasteiger partial charge in [-0.2, -0.15) is 10.1 Å². The Morgan fingerprint density at radius 3 is 2.75 bits per heavy atom. The highest BCUT2D eigenvalue weighted by atomic mass is 16.5. The van der Waals surface area contributed by atoms with Gasteiger partial charge in [0, 0.05) is 0 Å². The predicted molar refractivity (Wildman–Crippen MR) is 87.8 cm³/mol. The van der Waals surface area contributed by atoms with Crippen molar-refractivity contribution in [3.8, 4) is 5.69 Å². The Hall–Kier alpha value is -2.96. The number of nitrogens with one attached hydrogen (secondary N) is 1. The molecule has 0 aliphatic carbocycles. The zero-order chi connectivity index (χ0) is 16.9. The lowest BCUT2D eigenvalue weighted by Gasteiger charge is -2.09. The predicted octanol–water partition coefficient (Wildman–Crippen LogP) is 2.45. The number of carbonyl (C=O) groups is 1. The topological polar surface area (TPSA) is 85.8 Å². The number of aryl methyl sites for hydroxylation is 1. The summed E-state index contributed by atoms with van der Waals surface area (Å²) in [4.78, 5) is 16.6. The zero-order valence-electron chi connectivity index (χ0n) is 13.7. The molecule has 0 bridgehead atoms. The Labute approximate surface area is 139 Å². The lowest BCUT2D eigenvalue weighted by Crippen LogP contribution is -2.24.